The van der Waals surface area contributed by atoms with E-state index in [1.807, 2.05) is 0 Å². The summed E-state index contributed by atoms with van der Waals surface area (Å²) in [5, 5.41) is 0.469. The van der Waals surface area contributed by atoms with Gasteiger partial charge in [0.15, 0.2) is 5.76 Å². The summed E-state index contributed by atoms with van der Waals surface area (Å²) in [4.78, 5) is 38.2. The molecule has 3 aromatic rings. The lowest BCUT2D eigenvalue weighted by atomic mass is 10.2. The van der Waals surface area contributed by atoms with Crippen LogP contribution in [-0.4, -0.2) is 23.8 Å². The predicted molar refractivity (Wildman–Crippen MR) is 112 cm³/mol. The van der Waals surface area contributed by atoms with Gasteiger partial charge in [-0.25, -0.2) is 10.3 Å². The number of benzene rings is 2. The third-order valence-corrected chi connectivity index (χ3v) is 4.93. The number of amides is 3. The van der Waals surface area contributed by atoms with Crippen molar-refractivity contribution < 1.29 is 23.5 Å². The van der Waals surface area contributed by atoms with Gasteiger partial charge in [-0.2, -0.15) is 0 Å². The fourth-order valence-corrected chi connectivity index (χ4v) is 3.29. The van der Waals surface area contributed by atoms with Crippen LogP contribution >= 0.6 is 11.6 Å². The fourth-order valence-electron chi connectivity index (χ4n) is 3.10. The first-order chi connectivity index (χ1) is 15.0. The number of furan rings is 1. The van der Waals surface area contributed by atoms with Crippen LogP contribution < -0.4 is 20.5 Å². The van der Waals surface area contributed by atoms with E-state index < -0.39 is 17.9 Å². The highest BCUT2D eigenvalue weighted by Gasteiger charge is 2.39. The molecule has 1 fully saturated rings. The summed E-state index contributed by atoms with van der Waals surface area (Å²) in [6.45, 7) is 0.0894. The summed E-state index contributed by atoms with van der Waals surface area (Å²) in [7, 11) is 0. The van der Waals surface area contributed by atoms with Gasteiger partial charge in [-0.1, -0.05) is 41.9 Å². The molecule has 1 atom stereocenters. The first-order valence-corrected chi connectivity index (χ1v) is 9.84. The molecule has 2 heterocycles. The number of ether oxygens (including phenoxy) is 1. The van der Waals surface area contributed by atoms with Crippen molar-refractivity contribution in [1.82, 2.24) is 10.9 Å². The maximum Gasteiger partial charge on any atom is 0.301 e. The molecule has 8 nitrogen and oxygen atoms in total. The second-order valence-electron chi connectivity index (χ2n) is 6.74. The largest absolute Gasteiger partial charge is 0.484 e. The summed E-state index contributed by atoms with van der Waals surface area (Å²) < 4.78 is 11.1. The van der Waals surface area contributed by atoms with Crippen molar-refractivity contribution >= 4 is 35.0 Å². The molecule has 158 valence electrons. The Kier molecular flexibility index (Phi) is 6.01. The third-order valence-electron chi connectivity index (χ3n) is 4.61. The van der Waals surface area contributed by atoms with E-state index in [4.69, 9.17) is 20.8 Å². The lowest BCUT2D eigenvalue weighted by molar-refractivity contribution is -0.121. The van der Waals surface area contributed by atoms with Gasteiger partial charge in [0.25, 0.3) is 5.91 Å². The standard InChI is InChI=1S/C22H18ClN3O5/c23-16-8-4-5-9-18(16)30-13-15-10-11-19(31-15)21(28)25-24-17-12-20(27)26(22(17)29)14-6-2-1-3-7-14/h1-11,17,24H,12-13H2,(H,25,28). The first kappa shape index (κ1) is 20.6. The molecule has 0 spiro atoms. The molecule has 1 unspecified atom stereocenters. The smallest absolute Gasteiger partial charge is 0.301 e. The van der Waals surface area contributed by atoms with Crippen LogP contribution in [0, 0.1) is 0 Å². The molecule has 3 amide bonds. The van der Waals surface area contributed by atoms with Gasteiger partial charge >= 0.3 is 5.91 Å². The number of hydrogen-bond acceptors (Lipinski definition) is 6. The third kappa shape index (κ3) is 4.60. The Balaban J connectivity index is 1.32. The number of hydrazine groups is 1. The Hall–Kier alpha value is -3.62. The second kappa shape index (κ2) is 9.03. The van der Waals surface area contributed by atoms with E-state index >= 15 is 0 Å². The molecular formula is C22H18ClN3O5. The monoisotopic (exact) mass is 439 g/mol. The average Bonchev–Trinajstić information content (AvgIpc) is 3.36. The molecule has 0 saturated carbocycles. The van der Waals surface area contributed by atoms with Crippen LogP contribution in [-0.2, 0) is 16.2 Å². The van der Waals surface area contributed by atoms with Crippen LogP contribution in [0.2, 0.25) is 5.02 Å². The van der Waals surface area contributed by atoms with Gasteiger partial charge in [0.2, 0.25) is 5.91 Å². The van der Waals surface area contributed by atoms with Crippen molar-refractivity contribution in [2.24, 2.45) is 0 Å². The van der Waals surface area contributed by atoms with E-state index in [2.05, 4.69) is 10.9 Å². The molecule has 31 heavy (non-hydrogen) atoms. The Morgan fingerprint density at radius 1 is 1.06 bits per heavy atom. The number of nitrogens with zero attached hydrogens (tertiary/aromatic N) is 1. The van der Waals surface area contributed by atoms with Crippen molar-refractivity contribution in [3.63, 3.8) is 0 Å². The van der Waals surface area contributed by atoms with E-state index in [0.717, 1.165) is 4.90 Å². The van der Waals surface area contributed by atoms with Crippen molar-refractivity contribution in [2.45, 2.75) is 19.1 Å². The normalized spacial score (nSPS) is 15.9. The van der Waals surface area contributed by atoms with E-state index in [1.165, 1.54) is 6.07 Å². The number of nitrogens with one attached hydrogen (secondary N) is 2. The number of hydrogen-bond donors (Lipinski definition) is 2. The zero-order chi connectivity index (χ0) is 21.8. The lowest BCUT2D eigenvalue weighted by Gasteiger charge is -2.15. The number of rotatable bonds is 7. The van der Waals surface area contributed by atoms with Crippen LogP contribution in [0.4, 0.5) is 5.69 Å². The molecule has 2 aromatic carbocycles. The molecule has 2 N–H and O–H groups in total. The summed E-state index contributed by atoms with van der Waals surface area (Å²) >= 11 is 6.04. The van der Waals surface area contributed by atoms with E-state index in [9.17, 15) is 14.4 Å². The molecule has 4 rings (SSSR count). The first-order valence-electron chi connectivity index (χ1n) is 9.46. The van der Waals surface area contributed by atoms with Crippen molar-refractivity contribution in [3.8, 4) is 5.75 Å². The molecular weight excluding hydrogens is 422 g/mol. The quantitative estimate of drug-likeness (QED) is 0.433. The minimum absolute atomic E-state index is 0.0296. The molecule has 0 aliphatic carbocycles. The highest BCUT2D eigenvalue weighted by atomic mass is 35.5. The van der Waals surface area contributed by atoms with Crippen molar-refractivity contribution in [3.05, 3.63) is 83.3 Å². The molecule has 1 aromatic heterocycles. The minimum Gasteiger partial charge on any atom is -0.484 e. The SMILES string of the molecule is O=C(NNC1CC(=O)N(c2ccccc2)C1=O)c1ccc(COc2ccccc2Cl)o1. The zero-order valence-electron chi connectivity index (χ0n) is 16.2. The summed E-state index contributed by atoms with van der Waals surface area (Å²) in [6.07, 6.45) is -0.0664. The van der Waals surface area contributed by atoms with Crippen LogP contribution in [0.25, 0.3) is 0 Å². The van der Waals surface area contributed by atoms with Crippen LogP contribution in [0.1, 0.15) is 22.7 Å². The molecule has 0 bridgehead atoms. The van der Waals surface area contributed by atoms with E-state index in [1.54, 1.807) is 60.7 Å². The summed E-state index contributed by atoms with van der Waals surface area (Å²) in [6, 6.07) is 17.9. The van der Waals surface area contributed by atoms with Crippen LogP contribution in [0.5, 0.6) is 5.75 Å². The topological polar surface area (TPSA) is 101 Å². The Morgan fingerprint density at radius 2 is 1.81 bits per heavy atom. The summed E-state index contributed by atoms with van der Waals surface area (Å²) in [5.41, 5.74) is 5.52. The van der Waals surface area contributed by atoms with E-state index in [-0.39, 0.29) is 24.7 Å². The Labute approximate surface area is 182 Å². The Bertz CT molecular complexity index is 1120. The Morgan fingerprint density at radius 3 is 2.58 bits per heavy atom. The number of halogens is 1. The van der Waals surface area contributed by atoms with Crippen molar-refractivity contribution in [1.29, 1.82) is 0 Å². The molecule has 1 aliphatic heterocycles. The number of para-hydroxylation sites is 2. The summed E-state index contributed by atoms with van der Waals surface area (Å²) in [5.74, 6) is -0.415. The maximum atomic E-state index is 12.6. The number of carbonyl (C=O) groups is 3. The molecule has 0 radical (unpaired) electrons. The van der Waals surface area contributed by atoms with Gasteiger partial charge < -0.3 is 9.15 Å². The zero-order valence-corrected chi connectivity index (χ0v) is 17.0. The second-order valence-corrected chi connectivity index (χ2v) is 7.15. The molecule has 1 saturated heterocycles. The minimum atomic E-state index is -0.866. The van der Waals surface area contributed by atoms with Gasteiger partial charge in [-0.15, -0.1) is 0 Å². The molecule has 1 aliphatic rings. The van der Waals surface area contributed by atoms with Gasteiger partial charge in [0.05, 0.1) is 17.1 Å². The fraction of sp³-hybridized carbons (Fsp3) is 0.136. The average molecular weight is 440 g/mol. The van der Waals surface area contributed by atoms with Gasteiger partial charge in [0, 0.05) is 0 Å². The number of carbonyl (C=O) groups excluding carboxylic acids is 3. The number of imide groups is 1. The van der Waals surface area contributed by atoms with Crippen molar-refractivity contribution in [2.75, 3.05) is 4.90 Å². The molecule has 9 heteroatoms. The highest BCUT2D eigenvalue weighted by molar-refractivity contribution is 6.32. The van der Waals surface area contributed by atoms with Gasteiger partial charge in [-0.3, -0.25) is 19.8 Å². The van der Waals surface area contributed by atoms with Crippen LogP contribution in [0.3, 0.4) is 0 Å². The van der Waals surface area contributed by atoms with Gasteiger partial charge in [-0.05, 0) is 36.4 Å². The maximum absolute atomic E-state index is 12.6. The lowest BCUT2D eigenvalue weighted by Crippen LogP contribution is -2.48. The number of anilines is 1. The predicted octanol–water partition coefficient (Wildman–Crippen LogP) is 3.08. The van der Waals surface area contributed by atoms with E-state index in [0.29, 0.717) is 22.2 Å². The van der Waals surface area contributed by atoms with Crippen LogP contribution in [0.15, 0.2) is 71.1 Å². The van der Waals surface area contributed by atoms with Gasteiger partial charge in [0.1, 0.15) is 24.2 Å². The highest BCUT2D eigenvalue weighted by Crippen LogP contribution is 2.24.